The number of hydrogen-bond donors (Lipinski definition) is 1. The van der Waals surface area contributed by atoms with E-state index in [0.717, 1.165) is 10.8 Å². The molecule has 1 atom stereocenters. The first-order valence-electron chi connectivity index (χ1n) is 8.81. The van der Waals surface area contributed by atoms with E-state index in [0.29, 0.717) is 23.6 Å². The molecule has 0 heterocycles. The van der Waals surface area contributed by atoms with Crippen molar-refractivity contribution in [3.8, 4) is 5.75 Å². The zero-order valence-electron chi connectivity index (χ0n) is 15.3. The molecular formula is C22H21NO4. The van der Waals surface area contributed by atoms with E-state index in [1.807, 2.05) is 42.5 Å². The molecule has 3 rings (SSSR count). The number of hydrogen-bond acceptors (Lipinski definition) is 4. The van der Waals surface area contributed by atoms with Crippen LogP contribution in [-0.4, -0.2) is 24.6 Å². The molecule has 27 heavy (non-hydrogen) atoms. The van der Waals surface area contributed by atoms with Crippen molar-refractivity contribution in [1.29, 1.82) is 0 Å². The van der Waals surface area contributed by atoms with Gasteiger partial charge in [0.2, 0.25) is 0 Å². The van der Waals surface area contributed by atoms with E-state index >= 15 is 0 Å². The largest absolute Gasteiger partial charge is 0.480 e. The lowest BCUT2D eigenvalue weighted by Crippen LogP contribution is -2.30. The van der Waals surface area contributed by atoms with Gasteiger partial charge in [0.25, 0.3) is 5.91 Å². The summed E-state index contributed by atoms with van der Waals surface area (Å²) in [4.78, 5) is 24.3. The highest BCUT2D eigenvalue weighted by atomic mass is 16.5. The maximum Gasteiger partial charge on any atom is 0.338 e. The van der Waals surface area contributed by atoms with Gasteiger partial charge in [0.15, 0.2) is 6.10 Å². The molecule has 0 bridgehead atoms. The van der Waals surface area contributed by atoms with Crippen molar-refractivity contribution >= 4 is 28.3 Å². The summed E-state index contributed by atoms with van der Waals surface area (Å²) in [7, 11) is 0. The van der Waals surface area contributed by atoms with Gasteiger partial charge in [-0.2, -0.15) is 0 Å². The Morgan fingerprint density at radius 1 is 1.00 bits per heavy atom. The monoisotopic (exact) mass is 363 g/mol. The molecule has 0 saturated carbocycles. The Bertz CT molecular complexity index is 962. The first-order valence-corrected chi connectivity index (χ1v) is 8.81. The summed E-state index contributed by atoms with van der Waals surface area (Å²) in [5, 5.41) is 4.77. The second-order valence-electron chi connectivity index (χ2n) is 6.03. The number of fused-ring (bicyclic) bond motifs is 1. The van der Waals surface area contributed by atoms with Gasteiger partial charge in [-0.3, -0.25) is 4.79 Å². The average molecular weight is 363 g/mol. The Morgan fingerprint density at radius 2 is 1.74 bits per heavy atom. The Morgan fingerprint density at radius 3 is 2.56 bits per heavy atom. The predicted molar refractivity (Wildman–Crippen MR) is 105 cm³/mol. The highest BCUT2D eigenvalue weighted by molar-refractivity contribution is 5.97. The predicted octanol–water partition coefficient (Wildman–Crippen LogP) is 4.42. The zero-order chi connectivity index (χ0) is 19.2. The van der Waals surface area contributed by atoms with Crippen LogP contribution in [0.5, 0.6) is 5.75 Å². The third-order valence-corrected chi connectivity index (χ3v) is 4.06. The fraction of sp³-hybridized carbons (Fsp3) is 0.182. The zero-order valence-corrected chi connectivity index (χ0v) is 15.3. The third-order valence-electron chi connectivity index (χ3n) is 4.06. The van der Waals surface area contributed by atoms with Crippen LogP contribution in [0.15, 0.2) is 66.7 Å². The number of carbonyl (C=O) groups excluding carboxylic acids is 2. The molecule has 0 aliphatic carbocycles. The second-order valence-corrected chi connectivity index (χ2v) is 6.03. The minimum absolute atomic E-state index is 0.297. The van der Waals surface area contributed by atoms with Gasteiger partial charge in [0.1, 0.15) is 5.75 Å². The molecule has 0 aromatic heterocycles. The maximum absolute atomic E-state index is 12.5. The van der Waals surface area contributed by atoms with Gasteiger partial charge in [0, 0.05) is 11.1 Å². The van der Waals surface area contributed by atoms with Crippen LogP contribution < -0.4 is 10.1 Å². The minimum Gasteiger partial charge on any atom is -0.480 e. The number of amides is 1. The smallest absolute Gasteiger partial charge is 0.338 e. The van der Waals surface area contributed by atoms with Gasteiger partial charge in [0.05, 0.1) is 12.2 Å². The lowest BCUT2D eigenvalue weighted by atomic mass is 10.1. The molecule has 0 aliphatic rings. The average Bonchev–Trinajstić information content (AvgIpc) is 2.68. The lowest BCUT2D eigenvalue weighted by Gasteiger charge is -2.16. The number of nitrogens with one attached hydrogen (secondary N) is 1. The SMILES string of the molecule is CCOC(=O)c1cccc(NC(=O)[C@@H](C)Oc2cccc3ccccc23)c1. The van der Waals surface area contributed by atoms with Crippen molar-refractivity contribution < 1.29 is 19.1 Å². The van der Waals surface area contributed by atoms with Crippen molar-refractivity contribution in [1.82, 2.24) is 0 Å². The Labute approximate surface area is 157 Å². The molecule has 5 nitrogen and oxygen atoms in total. The van der Waals surface area contributed by atoms with Crippen molar-refractivity contribution in [2.24, 2.45) is 0 Å². The van der Waals surface area contributed by atoms with Gasteiger partial charge in [-0.05, 0) is 43.5 Å². The number of ether oxygens (including phenoxy) is 2. The van der Waals surface area contributed by atoms with E-state index in [-0.39, 0.29) is 5.91 Å². The van der Waals surface area contributed by atoms with E-state index in [4.69, 9.17) is 9.47 Å². The number of benzene rings is 3. The fourth-order valence-corrected chi connectivity index (χ4v) is 2.72. The Balaban J connectivity index is 1.71. The van der Waals surface area contributed by atoms with Gasteiger partial charge in [-0.1, -0.05) is 42.5 Å². The van der Waals surface area contributed by atoms with Gasteiger partial charge >= 0.3 is 5.97 Å². The summed E-state index contributed by atoms with van der Waals surface area (Å²) in [5.41, 5.74) is 0.899. The summed E-state index contributed by atoms with van der Waals surface area (Å²) in [6, 6.07) is 20.2. The van der Waals surface area contributed by atoms with Gasteiger partial charge < -0.3 is 14.8 Å². The molecule has 3 aromatic rings. The van der Waals surface area contributed by atoms with Crippen molar-refractivity contribution in [3.05, 3.63) is 72.3 Å². The molecule has 138 valence electrons. The molecule has 0 unspecified atom stereocenters. The molecular weight excluding hydrogens is 342 g/mol. The van der Waals surface area contributed by atoms with Crippen LogP contribution in [0.4, 0.5) is 5.69 Å². The van der Waals surface area contributed by atoms with Crippen LogP contribution in [0.3, 0.4) is 0 Å². The summed E-state index contributed by atoms with van der Waals surface area (Å²) in [5.74, 6) is -0.0754. The van der Waals surface area contributed by atoms with Crippen molar-refractivity contribution in [3.63, 3.8) is 0 Å². The fourth-order valence-electron chi connectivity index (χ4n) is 2.72. The van der Waals surface area contributed by atoms with E-state index in [1.54, 1.807) is 38.1 Å². The summed E-state index contributed by atoms with van der Waals surface area (Å²) in [6.45, 7) is 3.73. The number of carbonyl (C=O) groups is 2. The van der Waals surface area contributed by atoms with Crippen LogP contribution in [0.2, 0.25) is 0 Å². The topological polar surface area (TPSA) is 64.6 Å². The van der Waals surface area contributed by atoms with Crippen LogP contribution >= 0.6 is 0 Å². The maximum atomic E-state index is 12.5. The summed E-state index contributed by atoms with van der Waals surface area (Å²) < 4.78 is 10.9. The molecule has 0 aliphatic heterocycles. The lowest BCUT2D eigenvalue weighted by molar-refractivity contribution is -0.122. The molecule has 1 amide bonds. The summed E-state index contributed by atoms with van der Waals surface area (Å²) in [6.07, 6.45) is -0.706. The van der Waals surface area contributed by atoms with Gasteiger partial charge in [-0.15, -0.1) is 0 Å². The molecule has 0 spiro atoms. The second kappa shape index (κ2) is 8.36. The standard InChI is InChI=1S/C22H21NO4/c1-3-26-22(25)17-10-6-11-18(14-17)23-21(24)15(2)27-20-13-7-9-16-8-4-5-12-19(16)20/h4-15H,3H2,1-2H3,(H,23,24)/t15-/m1/s1. The quantitative estimate of drug-likeness (QED) is 0.658. The molecule has 5 heteroatoms. The van der Waals surface area contributed by atoms with Crippen LogP contribution in [-0.2, 0) is 9.53 Å². The Hall–Kier alpha value is -3.34. The molecule has 1 N–H and O–H groups in total. The highest BCUT2D eigenvalue weighted by Crippen LogP contribution is 2.26. The highest BCUT2D eigenvalue weighted by Gasteiger charge is 2.17. The van der Waals surface area contributed by atoms with Crippen LogP contribution in [0.1, 0.15) is 24.2 Å². The van der Waals surface area contributed by atoms with Crippen LogP contribution in [0, 0.1) is 0 Å². The van der Waals surface area contributed by atoms with Crippen molar-refractivity contribution in [2.45, 2.75) is 20.0 Å². The van der Waals surface area contributed by atoms with E-state index in [2.05, 4.69) is 5.32 Å². The van der Waals surface area contributed by atoms with E-state index < -0.39 is 12.1 Å². The van der Waals surface area contributed by atoms with E-state index in [1.165, 1.54) is 0 Å². The number of anilines is 1. The first-order chi connectivity index (χ1) is 13.1. The molecule has 0 fully saturated rings. The molecule has 3 aromatic carbocycles. The Kier molecular flexibility index (Phi) is 5.71. The van der Waals surface area contributed by atoms with Crippen molar-refractivity contribution in [2.75, 3.05) is 11.9 Å². The first kappa shape index (κ1) is 18.5. The molecule has 0 saturated heterocycles. The minimum atomic E-state index is -0.706. The normalized spacial score (nSPS) is 11.6. The van der Waals surface area contributed by atoms with E-state index in [9.17, 15) is 9.59 Å². The molecule has 0 radical (unpaired) electrons. The van der Waals surface area contributed by atoms with Crippen LogP contribution in [0.25, 0.3) is 10.8 Å². The number of esters is 1. The summed E-state index contributed by atoms with van der Waals surface area (Å²) >= 11 is 0. The number of rotatable bonds is 6. The van der Waals surface area contributed by atoms with Gasteiger partial charge in [-0.25, -0.2) is 4.79 Å². The third kappa shape index (κ3) is 4.44.